The van der Waals surface area contributed by atoms with E-state index in [4.69, 9.17) is 19.6 Å². The van der Waals surface area contributed by atoms with Gasteiger partial charge in [-0.2, -0.15) is 9.61 Å². The van der Waals surface area contributed by atoms with Gasteiger partial charge < -0.3 is 29.9 Å². The second-order valence-electron chi connectivity index (χ2n) is 12.2. The van der Waals surface area contributed by atoms with E-state index >= 15 is 0 Å². The molecule has 2 aromatic rings. The number of ether oxygens (including phenoxy) is 2. The van der Waals surface area contributed by atoms with E-state index in [1.165, 1.54) is 5.56 Å². The maximum atomic E-state index is 12.9. The molecule has 1 amide bonds. The molecule has 5 fully saturated rings. The highest BCUT2D eigenvalue weighted by Crippen LogP contribution is 2.43. The van der Waals surface area contributed by atoms with Crippen LogP contribution in [0.15, 0.2) is 12.3 Å². The Kier molecular flexibility index (Phi) is 5.73. The van der Waals surface area contributed by atoms with Crippen LogP contribution in [0.4, 0.5) is 16.4 Å². The number of nitrogens with zero attached hydrogens (tertiary/aromatic N) is 5. The summed E-state index contributed by atoms with van der Waals surface area (Å²) in [6, 6.07) is 2.94. The summed E-state index contributed by atoms with van der Waals surface area (Å²) in [5.74, 6) is 2.38. The molecule has 0 radical (unpaired) electrons. The molecule has 10 nitrogen and oxygen atoms in total. The maximum absolute atomic E-state index is 12.9. The Morgan fingerprint density at radius 3 is 2.57 bits per heavy atom. The van der Waals surface area contributed by atoms with E-state index in [0.717, 1.165) is 95.2 Å². The van der Waals surface area contributed by atoms with Crippen molar-refractivity contribution in [2.24, 2.45) is 5.41 Å². The number of anilines is 2. The van der Waals surface area contributed by atoms with Crippen molar-refractivity contribution in [2.75, 3.05) is 49.6 Å². The summed E-state index contributed by atoms with van der Waals surface area (Å²) in [6.45, 7) is 9.78. The first-order valence-electron chi connectivity index (χ1n) is 14.2. The lowest BCUT2D eigenvalue weighted by Gasteiger charge is -2.52. The van der Waals surface area contributed by atoms with Crippen molar-refractivity contribution in [2.45, 2.75) is 82.5 Å². The molecule has 7 heterocycles. The SMILES string of the molecule is CC(C)c1cnn2c(NC3CC4CCC(C3)N4C(=O)OC3CNC3)cc(N3CC4(CCOCC4)C3)nc12. The Balaban J connectivity index is 1.11. The zero-order valence-electron chi connectivity index (χ0n) is 22.0. The molecule has 1 spiro atoms. The van der Waals surface area contributed by atoms with Crippen molar-refractivity contribution in [1.82, 2.24) is 24.8 Å². The summed E-state index contributed by atoms with van der Waals surface area (Å²) < 4.78 is 13.3. The molecule has 200 valence electrons. The Labute approximate surface area is 218 Å². The third-order valence-corrected chi connectivity index (χ3v) is 9.34. The molecule has 7 rings (SSSR count). The van der Waals surface area contributed by atoms with Crippen molar-refractivity contribution in [3.05, 3.63) is 17.8 Å². The molecule has 2 atom stereocenters. The van der Waals surface area contributed by atoms with E-state index in [0.29, 0.717) is 11.3 Å². The number of amides is 1. The molecule has 5 aliphatic heterocycles. The lowest BCUT2D eigenvalue weighted by atomic mass is 9.73. The molecule has 10 heteroatoms. The number of hydrogen-bond donors (Lipinski definition) is 2. The normalized spacial score (nSPS) is 29.0. The van der Waals surface area contributed by atoms with Gasteiger partial charge >= 0.3 is 6.09 Å². The average molecular weight is 510 g/mol. The van der Waals surface area contributed by atoms with Gasteiger partial charge in [0.15, 0.2) is 5.65 Å². The lowest BCUT2D eigenvalue weighted by Crippen LogP contribution is -2.58. The fourth-order valence-electron chi connectivity index (χ4n) is 7.04. The molecule has 0 aromatic carbocycles. The monoisotopic (exact) mass is 509 g/mol. The number of carbonyl (C=O) groups is 1. The zero-order chi connectivity index (χ0) is 25.1. The number of piperidine rings is 1. The first-order valence-corrected chi connectivity index (χ1v) is 14.2. The Morgan fingerprint density at radius 1 is 1.19 bits per heavy atom. The zero-order valence-corrected chi connectivity index (χ0v) is 22.0. The standard InChI is InChI=1S/C27H39N7O3/c1-17(2)22-14-29-34-24(11-23(31-25(22)34)32-15-27(16-32)5-7-36-8-6-27)30-18-9-19-3-4-20(10-18)33(19)26(35)37-21-12-28-13-21/h11,14,17-21,28,30H,3-10,12-13,15-16H2,1-2H3. The van der Waals surface area contributed by atoms with Gasteiger partial charge in [0, 0.05) is 74.6 Å². The van der Waals surface area contributed by atoms with Gasteiger partial charge in [0.05, 0.1) is 6.20 Å². The van der Waals surface area contributed by atoms with Gasteiger partial charge in [0.25, 0.3) is 0 Å². The van der Waals surface area contributed by atoms with Crippen LogP contribution < -0.4 is 15.5 Å². The largest absolute Gasteiger partial charge is 0.443 e. The minimum Gasteiger partial charge on any atom is -0.443 e. The molecular weight excluding hydrogens is 470 g/mol. The average Bonchev–Trinajstić information content (AvgIpc) is 3.39. The molecule has 5 saturated heterocycles. The third-order valence-electron chi connectivity index (χ3n) is 9.34. The van der Waals surface area contributed by atoms with E-state index in [9.17, 15) is 4.79 Å². The predicted octanol–water partition coefficient (Wildman–Crippen LogP) is 2.99. The number of rotatable bonds is 5. The van der Waals surface area contributed by atoms with E-state index in [1.807, 2.05) is 15.6 Å². The minimum absolute atomic E-state index is 0.0306. The summed E-state index contributed by atoms with van der Waals surface area (Å²) in [7, 11) is 0. The van der Waals surface area contributed by atoms with Crippen LogP contribution in [0.2, 0.25) is 0 Å². The number of nitrogens with one attached hydrogen (secondary N) is 2. The van der Waals surface area contributed by atoms with Crippen LogP contribution in [0.25, 0.3) is 5.65 Å². The molecule has 37 heavy (non-hydrogen) atoms. The summed E-state index contributed by atoms with van der Waals surface area (Å²) in [5, 5.41) is 11.8. The van der Waals surface area contributed by atoms with Crippen LogP contribution in [0.3, 0.4) is 0 Å². The van der Waals surface area contributed by atoms with Crippen LogP contribution in [-0.4, -0.2) is 89.2 Å². The molecule has 2 bridgehead atoms. The van der Waals surface area contributed by atoms with Gasteiger partial charge in [-0.3, -0.25) is 0 Å². The van der Waals surface area contributed by atoms with Crippen LogP contribution in [0, 0.1) is 5.41 Å². The molecule has 0 aliphatic carbocycles. The molecule has 5 aliphatic rings. The van der Waals surface area contributed by atoms with Gasteiger partial charge in [0.1, 0.15) is 17.7 Å². The topological polar surface area (TPSA) is 96.3 Å². The van der Waals surface area contributed by atoms with Crippen molar-refractivity contribution >= 4 is 23.4 Å². The first-order chi connectivity index (χ1) is 18.0. The Bertz CT molecular complexity index is 1150. The van der Waals surface area contributed by atoms with Crippen molar-refractivity contribution in [1.29, 1.82) is 0 Å². The molecule has 2 unspecified atom stereocenters. The highest BCUT2D eigenvalue weighted by molar-refractivity contribution is 5.70. The first kappa shape index (κ1) is 23.5. The van der Waals surface area contributed by atoms with Gasteiger partial charge in [0.2, 0.25) is 0 Å². The van der Waals surface area contributed by atoms with Crippen LogP contribution in [0.1, 0.15) is 63.9 Å². The van der Waals surface area contributed by atoms with Crippen LogP contribution in [0.5, 0.6) is 0 Å². The van der Waals surface area contributed by atoms with E-state index < -0.39 is 0 Å². The van der Waals surface area contributed by atoms with Gasteiger partial charge in [-0.05, 0) is 44.4 Å². The van der Waals surface area contributed by atoms with E-state index in [-0.39, 0.29) is 30.3 Å². The van der Waals surface area contributed by atoms with Crippen molar-refractivity contribution in [3.63, 3.8) is 0 Å². The van der Waals surface area contributed by atoms with Crippen molar-refractivity contribution in [3.8, 4) is 0 Å². The fraction of sp³-hybridized carbons (Fsp3) is 0.741. The summed E-state index contributed by atoms with van der Waals surface area (Å²) >= 11 is 0. The summed E-state index contributed by atoms with van der Waals surface area (Å²) in [4.78, 5) is 22.4. The molecule has 0 saturated carbocycles. The van der Waals surface area contributed by atoms with Gasteiger partial charge in [-0.25, -0.2) is 9.78 Å². The quantitative estimate of drug-likeness (QED) is 0.635. The second kappa shape index (κ2) is 9.01. The van der Waals surface area contributed by atoms with Crippen LogP contribution >= 0.6 is 0 Å². The Morgan fingerprint density at radius 2 is 1.92 bits per heavy atom. The highest BCUT2D eigenvalue weighted by atomic mass is 16.6. The number of carbonyl (C=O) groups excluding carboxylic acids is 1. The summed E-state index contributed by atoms with van der Waals surface area (Å²) in [5.41, 5.74) is 2.51. The summed E-state index contributed by atoms with van der Waals surface area (Å²) in [6.07, 6.45) is 8.12. The number of hydrogen-bond acceptors (Lipinski definition) is 8. The molecular formula is C27H39N7O3. The molecule has 2 aromatic heterocycles. The van der Waals surface area contributed by atoms with Gasteiger partial charge in [-0.1, -0.05) is 13.8 Å². The van der Waals surface area contributed by atoms with Crippen molar-refractivity contribution < 1.29 is 14.3 Å². The number of aromatic nitrogens is 3. The minimum atomic E-state index is -0.125. The fourth-order valence-corrected chi connectivity index (χ4v) is 7.04. The van der Waals surface area contributed by atoms with Gasteiger partial charge in [-0.15, -0.1) is 0 Å². The smallest absolute Gasteiger partial charge is 0.410 e. The second-order valence-corrected chi connectivity index (χ2v) is 12.2. The van der Waals surface area contributed by atoms with Crippen LogP contribution in [-0.2, 0) is 9.47 Å². The number of fused-ring (bicyclic) bond motifs is 3. The molecule has 2 N–H and O–H groups in total. The maximum Gasteiger partial charge on any atom is 0.410 e. The Hall–Kier alpha value is -2.59. The van der Waals surface area contributed by atoms with E-state index in [1.54, 1.807) is 0 Å². The predicted molar refractivity (Wildman–Crippen MR) is 140 cm³/mol. The van der Waals surface area contributed by atoms with E-state index in [2.05, 4.69) is 35.4 Å². The lowest BCUT2D eigenvalue weighted by molar-refractivity contribution is -0.000454. The third kappa shape index (κ3) is 4.12. The highest BCUT2D eigenvalue weighted by Gasteiger charge is 2.46.